The van der Waals surface area contributed by atoms with E-state index in [-0.39, 0.29) is 0 Å². The first-order valence-corrected chi connectivity index (χ1v) is 16.3. The number of rotatable bonds is 4. The van der Waals surface area contributed by atoms with Crippen LogP contribution in [0.4, 0.5) is 5.69 Å². The molecule has 0 saturated heterocycles. The van der Waals surface area contributed by atoms with Crippen molar-refractivity contribution in [3.8, 4) is 45.8 Å². The van der Waals surface area contributed by atoms with E-state index in [9.17, 15) is 10.5 Å². The van der Waals surface area contributed by atoms with Gasteiger partial charge in [-0.1, -0.05) is 103 Å². The predicted molar refractivity (Wildman–Crippen MR) is 202 cm³/mol. The Morgan fingerprint density at radius 2 is 1.10 bits per heavy atom. The molecule has 0 fully saturated rings. The average Bonchev–Trinajstić information content (AvgIpc) is 3.70. The minimum absolute atomic E-state index is 0.541. The number of fused-ring (bicyclic) bond motifs is 6. The first kappa shape index (κ1) is 28.8. The summed E-state index contributed by atoms with van der Waals surface area (Å²) < 4.78 is 4.37. The van der Waals surface area contributed by atoms with E-state index in [2.05, 4.69) is 80.7 Å². The molecule has 50 heavy (non-hydrogen) atoms. The molecule has 9 aromatic rings. The van der Waals surface area contributed by atoms with Crippen LogP contribution in [0.25, 0.3) is 82.1 Å². The van der Waals surface area contributed by atoms with Crippen molar-refractivity contribution in [2.24, 2.45) is 0 Å². The van der Waals surface area contributed by atoms with Crippen molar-refractivity contribution < 1.29 is 0 Å². The third-order valence-corrected chi connectivity index (χ3v) is 9.63. The Bertz CT molecular complexity index is 2970. The minimum atomic E-state index is 0.541. The summed E-state index contributed by atoms with van der Waals surface area (Å²) in [4.78, 5) is 3.86. The third-order valence-electron chi connectivity index (χ3n) is 9.63. The van der Waals surface area contributed by atoms with Crippen molar-refractivity contribution in [3.63, 3.8) is 0 Å². The molecule has 0 bridgehead atoms. The molecule has 0 aliphatic rings. The predicted octanol–water partition coefficient (Wildman–Crippen LogP) is 11.5. The summed E-state index contributed by atoms with van der Waals surface area (Å²) in [7, 11) is 0. The van der Waals surface area contributed by atoms with E-state index >= 15 is 0 Å². The number of nitrogens with zero attached hydrogens (tertiary/aromatic N) is 5. The van der Waals surface area contributed by atoms with E-state index in [1.165, 1.54) is 0 Å². The Hall–Kier alpha value is -7.39. The van der Waals surface area contributed by atoms with Gasteiger partial charge in [0.05, 0.1) is 57.6 Å². The van der Waals surface area contributed by atoms with Crippen LogP contribution < -0.4 is 0 Å². The lowest BCUT2D eigenvalue weighted by Crippen LogP contribution is -1.99. The Balaban J connectivity index is 1.26. The molecule has 0 unspecified atom stereocenters. The molecule has 5 heteroatoms. The van der Waals surface area contributed by atoms with Crippen LogP contribution in [0.1, 0.15) is 11.1 Å². The zero-order valence-electron chi connectivity index (χ0n) is 26.7. The number of hydrogen-bond donors (Lipinski definition) is 0. The molecule has 0 aliphatic heterocycles. The molecule has 0 radical (unpaired) electrons. The zero-order valence-corrected chi connectivity index (χ0v) is 26.7. The van der Waals surface area contributed by atoms with Gasteiger partial charge in [0.1, 0.15) is 0 Å². The Labute approximate surface area is 288 Å². The van der Waals surface area contributed by atoms with Crippen LogP contribution in [0.2, 0.25) is 0 Å². The van der Waals surface area contributed by atoms with E-state index in [0.29, 0.717) is 16.8 Å². The normalized spacial score (nSPS) is 11.1. The topological polar surface area (TPSA) is 61.8 Å². The van der Waals surface area contributed by atoms with Crippen LogP contribution in [0.5, 0.6) is 0 Å². The molecule has 7 aromatic carbocycles. The maximum atomic E-state index is 10.6. The quantitative estimate of drug-likeness (QED) is 0.181. The third kappa shape index (κ3) is 4.24. The van der Waals surface area contributed by atoms with Crippen molar-refractivity contribution in [2.75, 3.05) is 0 Å². The molecule has 2 heterocycles. The van der Waals surface area contributed by atoms with Crippen molar-refractivity contribution in [3.05, 3.63) is 174 Å². The summed E-state index contributed by atoms with van der Waals surface area (Å²) in [5.41, 5.74) is 11.2. The fourth-order valence-electron chi connectivity index (χ4n) is 7.51. The van der Waals surface area contributed by atoms with E-state index in [1.54, 1.807) is 0 Å². The van der Waals surface area contributed by atoms with Crippen LogP contribution in [0, 0.1) is 29.2 Å². The first-order valence-electron chi connectivity index (χ1n) is 16.3. The smallest absolute Gasteiger partial charge is 0.211 e. The maximum absolute atomic E-state index is 10.6. The lowest BCUT2D eigenvalue weighted by Gasteiger charge is -2.18. The number of aromatic nitrogens is 2. The minimum Gasteiger partial charge on any atom is -0.319 e. The van der Waals surface area contributed by atoms with Gasteiger partial charge in [-0.05, 0) is 65.0 Å². The highest BCUT2D eigenvalue weighted by molar-refractivity contribution is 6.13. The van der Waals surface area contributed by atoms with E-state index < -0.39 is 0 Å². The highest BCUT2D eigenvalue weighted by Crippen LogP contribution is 2.42. The maximum Gasteiger partial charge on any atom is 0.211 e. The van der Waals surface area contributed by atoms with Gasteiger partial charge in [-0.25, -0.2) is 4.85 Å². The molecule has 0 aliphatic carbocycles. The number of para-hydroxylation sites is 4. The van der Waals surface area contributed by atoms with Gasteiger partial charge in [0.15, 0.2) is 0 Å². The summed E-state index contributed by atoms with van der Waals surface area (Å²) in [6, 6.07) is 55.5. The van der Waals surface area contributed by atoms with Gasteiger partial charge in [0.25, 0.3) is 0 Å². The molecule has 230 valence electrons. The van der Waals surface area contributed by atoms with Gasteiger partial charge in [0.2, 0.25) is 5.69 Å². The molecular weight excluding hydrogens is 611 g/mol. The molecule has 0 saturated carbocycles. The summed E-state index contributed by atoms with van der Waals surface area (Å²) in [5.74, 6) is 0. The lowest BCUT2D eigenvalue weighted by atomic mass is 9.91. The summed E-state index contributed by atoms with van der Waals surface area (Å²) >= 11 is 0. The van der Waals surface area contributed by atoms with Crippen molar-refractivity contribution in [1.82, 2.24) is 9.13 Å². The number of benzene rings is 7. The molecule has 5 nitrogen and oxygen atoms in total. The first-order chi connectivity index (χ1) is 24.7. The Kier molecular flexibility index (Phi) is 6.56. The van der Waals surface area contributed by atoms with Gasteiger partial charge in [0, 0.05) is 33.0 Å². The van der Waals surface area contributed by atoms with Gasteiger partial charge in [-0.15, -0.1) is 0 Å². The van der Waals surface area contributed by atoms with Crippen LogP contribution >= 0.6 is 0 Å². The lowest BCUT2D eigenvalue weighted by molar-refractivity contribution is 1.18. The van der Waals surface area contributed by atoms with E-state index in [1.807, 2.05) is 97.1 Å². The number of hydrogen-bond acceptors (Lipinski definition) is 2. The molecule has 0 spiro atoms. The monoisotopic (exact) mass is 635 g/mol. The van der Waals surface area contributed by atoms with Gasteiger partial charge < -0.3 is 9.13 Å². The molecule has 9 rings (SSSR count). The second-order valence-corrected chi connectivity index (χ2v) is 12.2. The molecular formula is C45H25N5. The zero-order chi connectivity index (χ0) is 33.8. The fourth-order valence-corrected chi connectivity index (χ4v) is 7.51. The van der Waals surface area contributed by atoms with Crippen LogP contribution in [-0.4, -0.2) is 9.13 Å². The fraction of sp³-hybridized carbons (Fsp3) is 0. The molecule has 0 amide bonds. The Morgan fingerprint density at radius 1 is 0.480 bits per heavy atom. The van der Waals surface area contributed by atoms with Crippen LogP contribution in [-0.2, 0) is 0 Å². The standard InChI is InChI=1S/C45H25N5/c1-48-40-17-10-16-38-36-14-5-7-18-41(36)49(45(38)40)31-22-23-32(30(26-31)28-47)33-11-2-3-12-34(33)35-13-4-8-19-42(35)50-43-20-9-6-15-37(43)39-25-29(27-46)21-24-44(39)50/h2-26H. The number of nitriles is 2. The van der Waals surface area contributed by atoms with Crippen molar-refractivity contribution in [1.29, 1.82) is 10.5 Å². The largest absolute Gasteiger partial charge is 0.319 e. The van der Waals surface area contributed by atoms with E-state index in [4.69, 9.17) is 6.57 Å². The van der Waals surface area contributed by atoms with Gasteiger partial charge in [-0.3, -0.25) is 0 Å². The average molecular weight is 636 g/mol. The molecule has 0 atom stereocenters. The second-order valence-electron chi connectivity index (χ2n) is 12.2. The van der Waals surface area contributed by atoms with Crippen LogP contribution in [0.3, 0.4) is 0 Å². The van der Waals surface area contributed by atoms with Crippen LogP contribution in [0.15, 0.2) is 152 Å². The Morgan fingerprint density at radius 3 is 1.84 bits per heavy atom. The van der Waals surface area contributed by atoms with Crippen molar-refractivity contribution >= 4 is 49.3 Å². The molecule has 0 N–H and O–H groups in total. The van der Waals surface area contributed by atoms with Crippen molar-refractivity contribution in [2.45, 2.75) is 0 Å². The van der Waals surface area contributed by atoms with E-state index in [0.717, 1.165) is 77.2 Å². The SMILES string of the molecule is [C-]#[N+]c1cccc2c3ccccc3n(-c3ccc(-c4ccccc4-c4ccccc4-n4c5ccccc5c5cc(C#N)ccc54)c(C#N)c3)c12. The highest BCUT2D eigenvalue weighted by atomic mass is 15.0. The van der Waals surface area contributed by atoms with Gasteiger partial charge >= 0.3 is 0 Å². The summed E-state index contributed by atoms with van der Waals surface area (Å²) in [5, 5.41) is 24.5. The summed E-state index contributed by atoms with van der Waals surface area (Å²) in [6.07, 6.45) is 0. The summed E-state index contributed by atoms with van der Waals surface area (Å²) in [6.45, 7) is 7.91. The van der Waals surface area contributed by atoms with Gasteiger partial charge in [-0.2, -0.15) is 10.5 Å². The highest BCUT2D eigenvalue weighted by Gasteiger charge is 2.20. The molecule has 2 aromatic heterocycles. The second kappa shape index (κ2) is 11.4.